The highest BCUT2D eigenvalue weighted by Gasteiger charge is 2.34. The van der Waals surface area contributed by atoms with Crippen LogP contribution in [0.3, 0.4) is 0 Å². The van der Waals surface area contributed by atoms with Gasteiger partial charge in [-0.15, -0.1) is 0 Å². The van der Waals surface area contributed by atoms with Gasteiger partial charge in [0.2, 0.25) is 10.0 Å². The molecule has 1 aliphatic rings. The highest BCUT2D eigenvalue weighted by molar-refractivity contribution is 9.10. The van der Waals surface area contributed by atoms with Crippen molar-refractivity contribution in [2.24, 2.45) is 5.73 Å². The van der Waals surface area contributed by atoms with E-state index in [-0.39, 0.29) is 22.2 Å². The first-order valence-electron chi connectivity index (χ1n) is 5.43. The summed E-state index contributed by atoms with van der Waals surface area (Å²) in [5.41, 5.74) is 5.43. The fourth-order valence-electron chi connectivity index (χ4n) is 1.78. The summed E-state index contributed by atoms with van der Waals surface area (Å²) in [5, 5.41) is 0. The van der Waals surface area contributed by atoms with E-state index in [1.54, 1.807) is 7.05 Å². The van der Waals surface area contributed by atoms with Crippen LogP contribution in [0.1, 0.15) is 25.0 Å². The van der Waals surface area contributed by atoms with Crippen LogP contribution < -0.4 is 5.73 Å². The molecule has 1 aliphatic carbocycles. The van der Waals surface area contributed by atoms with Crippen molar-refractivity contribution in [3.63, 3.8) is 0 Å². The molecular weight excluding hydrogens is 308 g/mol. The van der Waals surface area contributed by atoms with Crippen molar-refractivity contribution < 1.29 is 12.8 Å². The number of hydrogen-bond acceptors (Lipinski definition) is 4. The summed E-state index contributed by atoms with van der Waals surface area (Å²) in [7, 11) is -1.87. The molecule has 96 valence electrons. The molecule has 0 bridgehead atoms. The number of furan rings is 1. The minimum absolute atomic E-state index is 0.114. The predicted octanol–water partition coefficient (Wildman–Crippen LogP) is 1.67. The lowest BCUT2D eigenvalue weighted by Gasteiger charge is -2.33. The molecule has 0 radical (unpaired) electrons. The maximum Gasteiger partial charge on any atom is 0.247 e. The Morgan fingerprint density at radius 1 is 1.59 bits per heavy atom. The fourth-order valence-corrected chi connectivity index (χ4v) is 4.15. The van der Waals surface area contributed by atoms with Crippen LogP contribution in [0.2, 0.25) is 0 Å². The molecule has 17 heavy (non-hydrogen) atoms. The maximum atomic E-state index is 12.3. The third-order valence-electron chi connectivity index (χ3n) is 3.15. The first-order chi connectivity index (χ1) is 7.96. The number of sulfonamides is 1. The molecule has 1 saturated carbocycles. The number of nitrogens with zero attached hydrogens (tertiary/aromatic N) is 1. The monoisotopic (exact) mass is 322 g/mol. The van der Waals surface area contributed by atoms with Crippen LogP contribution in [-0.2, 0) is 16.6 Å². The van der Waals surface area contributed by atoms with E-state index in [2.05, 4.69) is 15.9 Å². The quantitative estimate of drug-likeness (QED) is 0.914. The van der Waals surface area contributed by atoms with Gasteiger partial charge in [-0.25, -0.2) is 8.42 Å². The van der Waals surface area contributed by atoms with Crippen LogP contribution in [0.5, 0.6) is 0 Å². The molecule has 1 fully saturated rings. The second-order valence-corrected chi connectivity index (χ2v) is 6.85. The van der Waals surface area contributed by atoms with Gasteiger partial charge >= 0.3 is 0 Å². The largest absolute Gasteiger partial charge is 0.452 e. The van der Waals surface area contributed by atoms with E-state index in [0.29, 0.717) is 5.76 Å². The van der Waals surface area contributed by atoms with Gasteiger partial charge in [0.1, 0.15) is 10.7 Å². The predicted molar refractivity (Wildman–Crippen MR) is 66.9 cm³/mol. The van der Waals surface area contributed by atoms with Crippen LogP contribution in [0.4, 0.5) is 0 Å². The van der Waals surface area contributed by atoms with Crippen LogP contribution in [0, 0.1) is 0 Å². The van der Waals surface area contributed by atoms with Gasteiger partial charge in [0.25, 0.3) is 0 Å². The third-order valence-corrected chi connectivity index (χ3v) is 5.92. The normalized spacial score (nSPS) is 17.4. The van der Waals surface area contributed by atoms with Gasteiger partial charge in [-0.05, 0) is 28.8 Å². The average molecular weight is 323 g/mol. The Morgan fingerprint density at radius 2 is 2.24 bits per heavy atom. The van der Waals surface area contributed by atoms with Gasteiger partial charge in [0, 0.05) is 19.2 Å². The zero-order valence-corrected chi connectivity index (χ0v) is 11.9. The molecule has 1 aromatic heterocycles. The van der Waals surface area contributed by atoms with Gasteiger partial charge in [0.15, 0.2) is 4.67 Å². The lowest BCUT2D eigenvalue weighted by molar-refractivity contribution is 0.249. The first kappa shape index (κ1) is 13.1. The molecule has 0 amide bonds. The summed E-state index contributed by atoms with van der Waals surface area (Å²) in [6, 6.07) is 1.59. The lowest BCUT2D eigenvalue weighted by atomic mass is 9.94. The molecule has 0 saturated heterocycles. The third kappa shape index (κ3) is 2.29. The van der Waals surface area contributed by atoms with E-state index in [9.17, 15) is 8.42 Å². The smallest absolute Gasteiger partial charge is 0.247 e. The minimum atomic E-state index is -3.48. The van der Waals surface area contributed by atoms with E-state index in [1.807, 2.05) is 0 Å². The Kier molecular flexibility index (Phi) is 3.63. The second-order valence-electron chi connectivity index (χ2n) is 4.16. The highest BCUT2D eigenvalue weighted by Crippen LogP contribution is 2.32. The van der Waals surface area contributed by atoms with E-state index in [4.69, 9.17) is 10.2 Å². The zero-order valence-electron chi connectivity index (χ0n) is 9.52. The van der Waals surface area contributed by atoms with E-state index in [0.717, 1.165) is 19.3 Å². The van der Waals surface area contributed by atoms with Gasteiger partial charge in [-0.1, -0.05) is 6.42 Å². The van der Waals surface area contributed by atoms with E-state index >= 15 is 0 Å². The summed E-state index contributed by atoms with van der Waals surface area (Å²) >= 11 is 3.12. The van der Waals surface area contributed by atoms with Crippen molar-refractivity contribution in [3.8, 4) is 0 Å². The van der Waals surface area contributed by atoms with Crippen molar-refractivity contribution >= 4 is 26.0 Å². The molecule has 1 heterocycles. The molecule has 0 unspecified atom stereocenters. The Bertz CT molecular complexity index is 508. The molecule has 1 aromatic rings. The molecule has 5 nitrogen and oxygen atoms in total. The maximum absolute atomic E-state index is 12.3. The molecule has 2 rings (SSSR count). The standard InChI is InChI=1S/C10H15BrN2O3S/c1-13(7-3-2-4-7)17(14,15)9-5-8(6-12)16-10(9)11/h5,7H,2-4,6,12H2,1H3. The SMILES string of the molecule is CN(C1CCC1)S(=O)(=O)c1cc(CN)oc1Br. The van der Waals surface area contributed by atoms with Crippen molar-refractivity contribution in [1.29, 1.82) is 0 Å². The van der Waals surface area contributed by atoms with Crippen molar-refractivity contribution in [2.45, 2.75) is 36.7 Å². The van der Waals surface area contributed by atoms with Crippen LogP contribution in [0.25, 0.3) is 0 Å². The van der Waals surface area contributed by atoms with Gasteiger partial charge in [-0.2, -0.15) is 4.31 Å². The summed E-state index contributed by atoms with van der Waals surface area (Å²) in [4.78, 5) is 0.160. The summed E-state index contributed by atoms with van der Waals surface area (Å²) in [5.74, 6) is 0.456. The van der Waals surface area contributed by atoms with Crippen molar-refractivity contribution in [1.82, 2.24) is 4.31 Å². The molecular formula is C10H15BrN2O3S. The van der Waals surface area contributed by atoms with Gasteiger partial charge in [-0.3, -0.25) is 0 Å². The number of halogens is 1. The number of nitrogens with two attached hydrogens (primary N) is 1. The number of rotatable bonds is 4. The molecule has 0 spiro atoms. The molecule has 7 heteroatoms. The summed E-state index contributed by atoms with van der Waals surface area (Å²) in [6.07, 6.45) is 2.94. The van der Waals surface area contributed by atoms with E-state index in [1.165, 1.54) is 10.4 Å². The molecule has 0 aliphatic heterocycles. The lowest BCUT2D eigenvalue weighted by Crippen LogP contribution is -2.41. The zero-order chi connectivity index (χ0) is 12.6. The Balaban J connectivity index is 2.33. The van der Waals surface area contributed by atoms with E-state index < -0.39 is 10.0 Å². The van der Waals surface area contributed by atoms with Crippen LogP contribution >= 0.6 is 15.9 Å². The summed E-state index contributed by atoms with van der Waals surface area (Å²) < 4.78 is 31.5. The molecule has 0 aromatic carbocycles. The average Bonchev–Trinajstić information content (AvgIpc) is 2.57. The Hall–Kier alpha value is -0.370. The Morgan fingerprint density at radius 3 is 2.65 bits per heavy atom. The van der Waals surface area contributed by atoms with Gasteiger partial charge < -0.3 is 10.2 Å². The van der Waals surface area contributed by atoms with Crippen LogP contribution in [-0.4, -0.2) is 25.8 Å². The molecule has 0 atom stereocenters. The van der Waals surface area contributed by atoms with Crippen LogP contribution in [0.15, 0.2) is 20.0 Å². The second kappa shape index (κ2) is 4.72. The minimum Gasteiger partial charge on any atom is -0.452 e. The number of hydrogen-bond donors (Lipinski definition) is 1. The topological polar surface area (TPSA) is 76.5 Å². The fraction of sp³-hybridized carbons (Fsp3) is 0.600. The van der Waals surface area contributed by atoms with Crippen molar-refractivity contribution in [2.75, 3.05) is 7.05 Å². The molecule has 2 N–H and O–H groups in total. The first-order valence-corrected chi connectivity index (χ1v) is 7.66. The Labute approximate surface area is 109 Å². The summed E-state index contributed by atoms with van der Waals surface area (Å²) in [6.45, 7) is 0.182. The van der Waals surface area contributed by atoms with Gasteiger partial charge in [0.05, 0.1) is 6.54 Å². The highest BCUT2D eigenvalue weighted by atomic mass is 79.9. The van der Waals surface area contributed by atoms with Crippen molar-refractivity contribution in [3.05, 3.63) is 16.5 Å².